The maximum Gasteiger partial charge on any atom is 0.122 e. The first kappa shape index (κ1) is 11.0. The lowest BCUT2D eigenvalue weighted by Gasteiger charge is -2.32. The molecule has 1 aliphatic rings. The summed E-state index contributed by atoms with van der Waals surface area (Å²) in [5.74, 6) is 0. The summed E-state index contributed by atoms with van der Waals surface area (Å²) in [5, 5.41) is -0.220. The molecular formula is C10H16ClFO. The van der Waals surface area contributed by atoms with Crippen LogP contribution in [0.15, 0.2) is 12.2 Å². The molecule has 1 rings (SSSR count). The van der Waals surface area contributed by atoms with Gasteiger partial charge in [-0.25, -0.2) is 4.39 Å². The molecule has 1 aliphatic carbocycles. The van der Waals surface area contributed by atoms with Crippen molar-refractivity contribution in [2.45, 2.75) is 50.4 Å². The van der Waals surface area contributed by atoms with Gasteiger partial charge in [-0.15, -0.1) is 11.6 Å². The van der Waals surface area contributed by atoms with Gasteiger partial charge in [0.2, 0.25) is 0 Å². The zero-order valence-corrected chi connectivity index (χ0v) is 8.85. The van der Waals surface area contributed by atoms with Gasteiger partial charge in [-0.1, -0.05) is 6.58 Å². The van der Waals surface area contributed by atoms with E-state index in [1.807, 2.05) is 13.8 Å². The highest BCUT2D eigenvalue weighted by atomic mass is 35.5. The normalized spacial score (nSPS) is 35.5. The highest BCUT2D eigenvalue weighted by Crippen LogP contribution is 2.31. The van der Waals surface area contributed by atoms with E-state index in [1.54, 1.807) is 0 Å². The third-order valence-electron chi connectivity index (χ3n) is 2.19. The van der Waals surface area contributed by atoms with Gasteiger partial charge in [0, 0.05) is 6.42 Å². The minimum Gasteiger partial charge on any atom is -0.374 e. The average molecular weight is 207 g/mol. The van der Waals surface area contributed by atoms with E-state index >= 15 is 0 Å². The Morgan fingerprint density at radius 2 is 2.23 bits per heavy atom. The van der Waals surface area contributed by atoms with Crippen molar-refractivity contribution in [2.75, 3.05) is 0 Å². The van der Waals surface area contributed by atoms with Crippen LogP contribution in [-0.2, 0) is 4.74 Å². The second-order valence-electron chi connectivity index (χ2n) is 3.80. The Labute approximate surface area is 83.9 Å². The van der Waals surface area contributed by atoms with Crippen LogP contribution in [0, 0.1) is 0 Å². The number of alkyl halides is 2. The molecule has 3 atom stereocenters. The summed E-state index contributed by atoms with van der Waals surface area (Å²) in [6, 6.07) is 0. The minimum atomic E-state index is -0.950. The van der Waals surface area contributed by atoms with Crippen molar-refractivity contribution in [2.24, 2.45) is 0 Å². The fourth-order valence-corrected chi connectivity index (χ4v) is 1.82. The van der Waals surface area contributed by atoms with E-state index in [-0.39, 0.29) is 17.6 Å². The second kappa shape index (κ2) is 4.43. The van der Waals surface area contributed by atoms with Crippen LogP contribution in [-0.4, -0.2) is 23.8 Å². The van der Waals surface area contributed by atoms with Gasteiger partial charge in [-0.3, -0.25) is 0 Å². The van der Waals surface area contributed by atoms with Gasteiger partial charge in [-0.2, -0.15) is 0 Å². The maximum absolute atomic E-state index is 13.1. The Kier molecular flexibility index (Phi) is 3.74. The van der Waals surface area contributed by atoms with Gasteiger partial charge >= 0.3 is 0 Å². The van der Waals surface area contributed by atoms with Crippen molar-refractivity contribution in [3.8, 4) is 0 Å². The summed E-state index contributed by atoms with van der Waals surface area (Å²) >= 11 is 5.98. The van der Waals surface area contributed by atoms with Crippen molar-refractivity contribution >= 4 is 11.6 Å². The molecule has 0 radical (unpaired) electrons. The SMILES string of the molecule is C=C1CC(OC(C)C)C(Cl)CC1F. The molecule has 0 aromatic heterocycles. The topological polar surface area (TPSA) is 9.23 Å². The van der Waals surface area contributed by atoms with Gasteiger partial charge in [0.25, 0.3) is 0 Å². The predicted octanol–water partition coefficient (Wildman–Crippen LogP) is 3.08. The Bertz CT molecular complexity index is 193. The molecule has 3 heteroatoms. The van der Waals surface area contributed by atoms with Crippen LogP contribution in [0.3, 0.4) is 0 Å². The Morgan fingerprint density at radius 1 is 1.62 bits per heavy atom. The molecule has 1 nitrogen and oxygen atoms in total. The summed E-state index contributed by atoms with van der Waals surface area (Å²) in [6.45, 7) is 7.58. The molecular weight excluding hydrogens is 191 g/mol. The zero-order valence-electron chi connectivity index (χ0n) is 8.09. The number of hydrogen-bond acceptors (Lipinski definition) is 1. The molecule has 76 valence electrons. The monoisotopic (exact) mass is 206 g/mol. The van der Waals surface area contributed by atoms with Crippen LogP contribution >= 0.6 is 11.6 Å². The standard InChI is InChI=1S/C10H16ClFO/c1-6(2)13-10-4-7(3)9(12)5-8(10)11/h6,8-10H,3-5H2,1-2H3. The fraction of sp³-hybridized carbons (Fsp3) is 0.800. The Hall–Kier alpha value is -0.0800. The molecule has 1 saturated carbocycles. The molecule has 0 amide bonds. The van der Waals surface area contributed by atoms with Crippen molar-refractivity contribution in [3.63, 3.8) is 0 Å². The summed E-state index contributed by atoms with van der Waals surface area (Å²) < 4.78 is 18.7. The molecule has 0 spiro atoms. The lowest BCUT2D eigenvalue weighted by atomic mass is 9.91. The average Bonchev–Trinajstić information content (AvgIpc) is 1.99. The van der Waals surface area contributed by atoms with Gasteiger partial charge in [-0.05, 0) is 25.8 Å². The third-order valence-corrected chi connectivity index (χ3v) is 2.65. The minimum absolute atomic E-state index is 0.0684. The highest BCUT2D eigenvalue weighted by molar-refractivity contribution is 6.21. The van der Waals surface area contributed by atoms with Crippen LogP contribution in [0.5, 0.6) is 0 Å². The van der Waals surface area contributed by atoms with Crippen LogP contribution in [0.1, 0.15) is 26.7 Å². The van der Waals surface area contributed by atoms with Gasteiger partial charge in [0.15, 0.2) is 0 Å². The van der Waals surface area contributed by atoms with Crippen molar-refractivity contribution in [3.05, 3.63) is 12.2 Å². The van der Waals surface area contributed by atoms with Crippen LogP contribution < -0.4 is 0 Å². The van der Waals surface area contributed by atoms with Gasteiger partial charge < -0.3 is 4.74 Å². The molecule has 0 bridgehead atoms. The first-order valence-corrected chi connectivity index (χ1v) is 5.05. The van der Waals surface area contributed by atoms with E-state index in [2.05, 4.69) is 6.58 Å². The van der Waals surface area contributed by atoms with Gasteiger partial charge in [0.05, 0.1) is 17.6 Å². The van der Waals surface area contributed by atoms with Crippen molar-refractivity contribution in [1.82, 2.24) is 0 Å². The highest BCUT2D eigenvalue weighted by Gasteiger charge is 2.32. The molecule has 0 aliphatic heterocycles. The lowest BCUT2D eigenvalue weighted by Crippen LogP contribution is -2.35. The predicted molar refractivity (Wildman–Crippen MR) is 52.9 cm³/mol. The quantitative estimate of drug-likeness (QED) is 0.499. The lowest BCUT2D eigenvalue weighted by molar-refractivity contribution is -0.00693. The third kappa shape index (κ3) is 2.96. The van der Waals surface area contributed by atoms with Crippen LogP contribution in [0.25, 0.3) is 0 Å². The van der Waals surface area contributed by atoms with Crippen molar-refractivity contribution in [1.29, 1.82) is 0 Å². The summed E-state index contributed by atoms with van der Waals surface area (Å²) in [6.07, 6.45) is -0.00319. The number of ether oxygens (including phenoxy) is 1. The van der Waals surface area contributed by atoms with E-state index in [9.17, 15) is 4.39 Å². The van der Waals surface area contributed by atoms with E-state index in [4.69, 9.17) is 16.3 Å². The summed E-state index contributed by atoms with van der Waals surface area (Å²) in [4.78, 5) is 0. The zero-order chi connectivity index (χ0) is 10.0. The molecule has 0 heterocycles. The smallest absolute Gasteiger partial charge is 0.122 e. The molecule has 0 saturated heterocycles. The number of rotatable bonds is 2. The first-order valence-electron chi connectivity index (χ1n) is 4.62. The largest absolute Gasteiger partial charge is 0.374 e. The van der Waals surface area contributed by atoms with Crippen LogP contribution in [0.2, 0.25) is 0 Å². The molecule has 1 fully saturated rings. The fourth-order valence-electron chi connectivity index (χ4n) is 1.51. The van der Waals surface area contributed by atoms with E-state index in [1.165, 1.54) is 0 Å². The molecule has 0 aromatic rings. The Balaban J connectivity index is 2.51. The summed E-state index contributed by atoms with van der Waals surface area (Å²) in [5.41, 5.74) is 0.613. The molecule has 0 aromatic carbocycles. The molecule has 0 N–H and O–H groups in total. The van der Waals surface area contributed by atoms with Crippen LogP contribution in [0.4, 0.5) is 4.39 Å². The van der Waals surface area contributed by atoms with E-state index in [0.29, 0.717) is 18.4 Å². The number of hydrogen-bond donors (Lipinski definition) is 0. The molecule has 13 heavy (non-hydrogen) atoms. The van der Waals surface area contributed by atoms with Crippen molar-refractivity contribution < 1.29 is 9.13 Å². The summed E-state index contributed by atoms with van der Waals surface area (Å²) in [7, 11) is 0. The van der Waals surface area contributed by atoms with Gasteiger partial charge in [0.1, 0.15) is 6.17 Å². The van der Waals surface area contributed by atoms with E-state index in [0.717, 1.165) is 0 Å². The second-order valence-corrected chi connectivity index (χ2v) is 4.37. The number of halogens is 2. The molecule has 3 unspecified atom stereocenters. The maximum atomic E-state index is 13.1. The van der Waals surface area contributed by atoms with E-state index < -0.39 is 6.17 Å². The first-order chi connectivity index (χ1) is 6.00. The Morgan fingerprint density at radius 3 is 2.77 bits per heavy atom.